The highest BCUT2D eigenvalue weighted by atomic mass is 16.5. The molecule has 0 aliphatic heterocycles. The minimum absolute atomic E-state index is 0.109. The number of primary amides is 1. The van der Waals surface area contributed by atoms with Crippen molar-refractivity contribution < 1.29 is 24.2 Å². The van der Waals surface area contributed by atoms with E-state index in [2.05, 4.69) is 5.32 Å². The van der Waals surface area contributed by atoms with E-state index in [4.69, 9.17) is 15.6 Å². The summed E-state index contributed by atoms with van der Waals surface area (Å²) in [6, 6.07) is 6.37. The summed E-state index contributed by atoms with van der Waals surface area (Å²) in [6.45, 7) is -0.254. The van der Waals surface area contributed by atoms with E-state index < -0.39 is 17.8 Å². The SMILES string of the molecule is NC(=O)COc1cccc(NC(=O)CCC(=O)O)c1. The molecular formula is C12H14N2O5. The molecule has 4 N–H and O–H groups in total. The molecule has 0 aromatic heterocycles. The molecule has 7 heteroatoms. The van der Waals surface area contributed by atoms with Gasteiger partial charge in [-0.3, -0.25) is 14.4 Å². The molecular weight excluding hydrogens is 252 g/mol. The fourth-order valence-corrected chi connectivity index (χ4v) is 1.26. The lowest BCUT2D eigenvalue weighted by Gasteiger charge is -2.07. The largest absolute Gasteiger partial charge is 0.484 e. The Kier molecular flexibility index (Phi) is 5.34. The highest BCUT2D eigenvalue weighted by Crippen LogP contribution is 2.17. The van der Waals surface area contributed by atoms with Gasteiger partial charge in [0.25, 0.3) is 5.91 Å². The molecule has 0 heterocycles. The molecule has 2 amide bonds. The van der Waals surface area contributed by atoms with Crippen molar-refractivity contribution in [3.05, 3.63) is 24.3 Å². The van der Waals surface area contributed by atoms with Gasteiger partial charge in [-0.25, -0.2) is 0 Å². The summed E-state index contributed by atoms with van der Waals surface area (Å²) in [4.78, 5) is 32.3. The van der Waals surface area contributed by atoms with Gasteiger partial charge in [0, 0.05) is 18.2 Å². The second-order valence-electron chi connectivity index (χ2n) is 3.72. The quantitative estimate of drug-likeness (QED) is 0.658. The first-order chi connectivity index (χ1) is 8.97. The Morgan fingerprint density at radius 1 is 1.26 bits per heavy atom. The van der Waals surface area contributed by atoms with Gasteiger partial charge in [0.15, 0.2) is 6.61 Å². The average molecular weight is 266 g/mol. The van der Waals surface area contributed by atoms with Gasteiger partial charge in [-0.15, -0.1) is 0 Å². The number of hydrogen-bond acceptors (Lipinski definition) is 4. The Bertz CT molecular complexity index is 487. The van der Waals surface area contributed by atoms with Crippen molar-refractivity contribution in [3.63, 3.8) is 0 Å². The maximum Gasteiger partial charge on any atom is 0.303 e. The second-order valence-corrected chi connectivity index (χ2v) is 3.72. The lowest BCUT2D eigenvalue weighted by molar-refractivity contribution is -0.138. The third-order valence-electron chi connectivity index (χ3n) is 2.06. The predicted molar refractivity (Wildman–Crippen MR) is 66.6 cm³/mol. The lowest BCUT2D eigenvalue weighted by Crippen LogP contribution is -2.20. The van der Waals surface area contributed by atoms with Crippen molar-refractivity contribution in [3.8, 4) is 5.75 Å². The summed E-state index contributed by atoms with van der Waals surface area (Å²) in [5, 5.41) is 11.0. The molecule has 0 spiro atoms. The minimum atomic E-state index is -1.03. The van der Waals surface area contributed by atoms with Gasteiger partial charge in [0.05, 0.1) is 6.42 Å². The van der Waals surface area contributed by atoms with Crippen LogP contribution in [0.5, 0.6) is 5.75 Å². The van der Waals surface area contributed by atoms with Crippen molar-refractivity contribution in [2.45, 2.75) is 12.8 Å². The van der Waals surface area contributed by atoms with Crippen LogP contribution in [0.2, 0.25) is 0 Å². The Balaban J connectivity index is 2.54. The van der Waals surface area contributed by atoms with E-state index in [-0.39, 0.29) is 19.4 Å². The molecule has 0 saturated carbocycles. The number of anilines is 1. The van der Waals surface area contributed by atoms with Crippen LogP contribution in [0.15, 0.2) is 24.3 Å². The van der Waals surface area contributed by atoms with Crippen LogP contribution in [0.4, 0.5) is 5.69 Å². The first-order valence-corrected chi connectivity index (χ1v) is 5.50. The summed E-state index contributed by atoms with van der Waals surface area (Å²) >= 11 is 0. The number of nitrogens with one attached hydrogen (secondary N) is 1. The number of aliphatic carboxylic acids is 1. The smallest absolute Gasteiger partial charge is 0.303 e. The maximum atomic E-state index is 11.4. The molecule has 1 aromatic rings. The highest BCUT2D eigenvalue weighted by Gasteiger charge is 2.06. The number of carboxylic acid groups (broad SMARTS) is 1. The molecule has 1 aromatic carbocycles. The number of carbonyl (C=O) groups excluding carboxylic acids is 2. The summed E-state index contributed by atoms with van der Waals surface area (Å²) < 4.78 is 5.07. The molecule has 0 aliphatic carbocycles. The summed E-state index contributed by atoms with van der Waals surface area (Å²) in [5.74, 6) is -1.66. The zero-order valence-electron chi connectivity index (χ0n) is 10.1. The molecule has 0 aliphatic rings. The Morgan fingerprint density at radius 3 is 2.63 bits per heavy atom. The monoisotopic (exact) mass is 266 g/mol. The number of benzene rings is 1. The molecule has 0 radical (unpaired) electrons. The van der Waals surface area contributed by atoms with E-state index in [0.717, 1.165) is 0 Å². The second kappa shape index (κ2) is 7.00. The lowest BCUT2D eigenvalue weighted by atomic mass is 10.2. The van der Waals surface area contributed by atoms with Gasteiger partial charge in [0.1, 0.15) is 5.75 Å². The van der Waals surface area contributed by atoms with Gasteiger partial charge in [0.2, 0.25) is 5.91 Å². The summed E-state index contributed by atoms with van der Waals surface area (Å²) in [5.41, 5.74) is 5.39. The third kappa shape index (κ3) is 6.06. The van der Waals surface area contributed by atoms with E-state index in [0.29, 0.717) is 11.4 Å². The number of ether oxygens (including phenoxy) is 1. The fourth-order valence-electron chi connectivity index (χ4n) is 1.26. The first kappa shape index (κ1) is 14.5. The van der Waals surface area contributed by atoms with Gasteiger partial charge in [-0.1, -0.05) is 6.07 Å². The Hall–Kier alpha value is -2.57. The van der Waals surface area contributed by atoms with Crippen LogP contribution >= 0.6 is 0 Å². The van der Waals surface area contributed by atoms with Crippen LogP contribution in [0.25, 0.3) is 0 Å². The molecule has 7 nitrogen and oxygen atoms in total. The number of nitrogens with two attached hydrogens (primary N) is 1. The van der Waals surface area contributed by atoms with Crippen molar-refractivity contribution in [1.29, 1.82) is 0 Å². The number of carbonyl (C=O) groups is 3. The van der Waals surface area contributed by atoms with Crippen molar-refractivity contribution in [2.75, 3.05) is 11.9 Å². The normalized spacial score (nSPS) is 9.68. The topological polar surface area (TPSA) is 119 Å². The Morgan fingerprint density at radius 2 is 2.00 bits per heavy atom. The van der Waals surface area contributed by atoms with Gasteiger partial charge >= 0.3 is 5.97 Å². The van der Waals surface area contributed by atoms with E-state index in [1.807, 2.05) is 0 Å². The molecule has 0 fully saturated rings. The van der Waals surface area contributed by atoms with Crippen LogP contribution in [-0.4, -0.2) is 29.5 Å². The first-order valence-electron chi connectivity index (χ1n) is 5.50. The Labute approximate surface area is 109 Å². The van der Waals surface area contributed by atoms with Crippen molar-refractivity contribution >= 4 is 23.5 Å². The minimum Gasteiger partial charge on any atom is -0.484 e. The molecule has 0 saturated heterocycles. The number of hydrogen-bond donors (Lipinski definition) is 3. The van der Waals surface area contributed by atoms with Crippen LogP contribution in [0.3, 0.4) is 0 Å². The van der Waals surface area contributed by atoms with Crippen LogP contribution in [0.1, 0.15) is 12.8 Å². The number of carboxylic acids is 1. The highest BCUT2D eigenvalue weighted by molar-refractivity contribution is 5.92. The van der Waals surface area contributed by atoms with Crippen molar-refractivity contribution in [1.82, 2.24) is 0 Å². The number of amides is 2. The van der Waals surface area contributed by atoms with Gasteiger partial charge in [-0.2, -0.15) is 0 Å². The molecule has 0 unspecified atom stereocenters. The zero-order valence-corrected chi connectivity index (χ0v) is 10.1. The van der Waals surface area contributed by atoms with Crippen LogP contribution < -0.4 is 15.8 Å². The molecule has 102 valence electrons. The van der Waals surface area contributed by atoms with Gasteiger partial charge in [-0.05, 0) is 12.1 Å². The molecule has 0 bridgehead atoms. The van der Waals surface area contributed by atoms with E-state index in [9.17, 15) is 14.4 Å². The predicted octanol–water partition coefficient (Wildman–Crippen LogP) is 0.354. The van der Waals surface area contributed by atoms with Gasteiger partial charge < -0.3 is 20.9 Å². The third-order valence-corrected chi connectivity index (χ3v) is 2.06. The number of rotatable bonds is 7. The van der Waals surface area contributed by atoms with Crippen LogP contribution in [0, 0.1) is 0 Å². The molecule has 19 heavy (non-hydrogen) atoms. The van der Waals surface area contributed by atoms with Crippen LogP contribution in [-0.2, 0) is 14.4 Å². The van der Waals surface area contributed by atoms with Crippen molar-refractivity contribution in [2.24, 2.45) is 5.73 Å². The summed E-state index contributed by atoms with van der Waals surface area (Å²) in [6.07, 6.45) is -0.342. The average Bonchev–Trinajstić information content (AvgIpc) is 2.34. The maximum absolute atomic E-state index is 11.4. The van der Waals surface area contributed by atoms with E-state index in [1.165, 1.54) is 6.07 Å². The molecule has 0 atom stereocenters. The molecule has 1 rings (SSSR count). The fraction of sp³-hybridized carbons (Fsp3) is 0.250. The standard InChI is InChI=1S/C12H14N2O5/c13-10(15)7-19-9-3-1-2-8(6-9)14-11(16)4-5-12(17)18/h1-3,6H,4-5,7H2,(H2,13,15)(H,14,16)(H,17,18). The summed E-state index contributed by atoms with van der Waals surface area (Å²) in [7, 11) is 0. The zero-order chi connectivity index (χ0) is 14.3. The van der Waals surface area contributed by atoms with E-state index >= 15 is 0 Å². The van der Waals surface area contributed by atoms with E-state index in [1.54, 1.807) is 18.2 Å².